The lowest BCUT2D eigenvalue weighted by molar-refractivity contribution is -0.137. The van der Waals surface area contributed by atoms with Crippen LogP contribution in [0.2, 0.25) is 6.82 Å². The third-order valence-corrected chi connectivity index (χ3v) is 5.24. The molecule has 1 saturated carbocycles. The zero-order valence-corrected chi connectivity index (χ0v) is 14.1. The molecule has 3 rings (SSSR count). The standard InChI is InChI=1S/C17H24BF3N2O/c1-12-11-22(18(2)24)9-10-23(12)16(13-3-4-13)14-5-7-15(8-6-14)17(19,20)21/h5-8,12-13,16,24H,3-4,9-11H2,1-2H3/t12-,16?/m0/s1. The molecule has 0 bridgehead atoms. The third-order valence-electron chi connectivity index (χ3n) is 5.24. The van der Waals surface area contributed by atoms with Crippen molar-refractivity contribution in [2.24, 2.45) is 5.92 Å². The van der Waals surface area contributed by atoms with E-state index >= 15 is 0 Å². The maximum atomic E-state index is 12.8. The summed E-state index contributed by atoms with van der Waals surface area (Å²) in [4.78, 5) is 4.44. The summed E-state index contributed by atoms with van der Waals surface area (Å²) in [6, 6.07) is 6.11. The summed E-state index contributed by atoms with van der Waals surface area (Å²) in [6.45, 7) is 6.30. The van der Waals surface area contributed by atoms with Gasteiger partial charge in [0, 0.05) is 31.7 Å². The number of rotatable bonds is 4. The molecule has 1 aromatic rings. The monoisotopic (exact) mass is 340 g/mol. The molecule has 2 aliphatic rings. The highest BCUT2D eigenvalue weighted by molar-refractivity contribution is 6.45. The first-order valence-electron chi connectivity index (χ1n) is 8.62. The number of piperazine rings is 1. The molecule has 3 nitrogen and oxygen atoms in total. The highest BCUT2D eigenvalue weighted by Crippen LogP contribution is 2.46. The number of hydrogen-bond donors (Lipinski definition) is 1. The molecule has 0 aromatic heterocycles. The lowest BCUT2D eigenvalue weighted by atomic mass is 9.83. The predicted octanol–water partition coefficient (Wildman–Crippen LogP) is 3.27. The van der Waals surface area contributed by atoms with Gasteiger partial charge in [0.1, 0.15) is 0 Å². The molecule has 1 aliphatic heterocycles. The van der Waals surface area contributed by atoms with Crippen LogP contribution in [-0.2, 0) is 6.18 Å². The van der Waals surface area contributed by atoms with Crippen LogP contribution in [0.3, 0.4) is 0 Å². The average Bonchev–Trinajstić information content (AvgIpc) is 3.33. The molecule has 2 fully saturated rings. The Morgan fingerprint density at radius 1 is 1.17 bits per heavy atom. The summed E-state index contributed by atoms with van der Waals surface area (Å²) in [5.74, 6) is 0.530. The largest absolute Gasteiger partial charge is 0.437 e. The number of alkyl halides is 3. The van der Waals surface area contributed by atoms with E-state index in [2.05, 4.69) is 11.8 Å². The molecule has 1 saturated heterocycles. The molecule has 24 heavy (non-hydrogen) atoms. The second-order valence-corrected chi connectivity index (χ2v) is 7.12. The van der Waals surface area contributed by atoms with Crippen LogP contribution in [0, 0.1) is 5.92 Å². The Morgan fingerprint density at radius 3 is 2.25 bits per heavy atom. The van der Waals surface area contributed by atoms with Crippen molar-refractivity contribution in [3.8, 4) is 0 Å². The second kappa shape index (κ2) is 6.69. The fraction of sp³-hybridized carbons (Fsp3) is 0.647. The summed E-state index contributed by atoms with van der Waals surface area (Å²) in [7, 11) is -0.458. The summed E-state index contributed by atoms with van der Waals surface area (Å²) in [5, 5.41) is 9.77. The van der Waals surface area contributed by atoms with E-state index in [4.69, 9.17) is 0 Å². The van der Waals surface area contributed by atoms with Crippen molar-refractivity contribution >= 4 is 7.05 Å². The minimum Gasteiger partial charge on any atom is -0.437 e. The zero-order valence-electron chi connectivity index (χ0n) is 14.1. The van der Waals surface area contributed by atoms with Gasteiger partial charge in [-0.2, -0.15) is 13.2 Å². The molecule has 1 aliphatic carbocycles. The van der Waals surface area contributed by atoms with Gasteiger partial charge in [-0.3, -0.25) is 4.90 Å². The summed E-state index contributed by atoms with van der Waals surface area (Å²) in [5.41, 5.74) is 0.385. The predicted molar refractivity (Wildman–Crippen MR) is 88.5 cm³/mol. The number of benzene rings is 1. The molecule has 0 radical (unpaired) electrons. The summed E-state index contributed by atoms with van der Waals surface area (Å²) < 4.78 is 38.4. The smallest absolute Gasteiger partial charge is 0.416 e. The maximum absolute atomic E-state index is 12.8. The minimum atomic E-state index is -4.29. The van der Waals surface area contributed by atoms with E-state index in [-0.39, 0.29) is 12.1 Å². The lowest BCUT2D eigenvalue weighted by Crippen LogP contribution is -2.56. The van der Waals surface area contributed by atoms with E-state index in [0.717, 1.165) is 38.0 Å². The third kappa shape index (κ3) is 3.78. The van der Waals surface area contributed by atoms with Crippen molar-refractivity contribution in [1.82, 2.24) is 9.71 Å². The Bertz CT molecular complexity index is 560. The Hall–Kier alpha value is -1.05. The van der Waals surface area contributed by atoms with Crippen molar-refractivity contribution < 1.29 is 18.2 Å². The fourth-order valence-corrected chi connectivity index (χ4v) is 3.77. The number of halogens is 3. The maximum Gasteiger partial charge on any atom is 0.416 e. The van der Waals surface area contributed by atoms with Crippen LogP contribution in [0.15, 0.2) is 24.3 Å². The zero-order chi connectivity index (χ0) is 17.5. The van der Waals surface area contributed by atoms with Crippen LogP contribution in [0.25, 0.3) is 0 Å². The average molecular weight is 340 g/mol. The van der Waals surface area contributed by atoms with Gasteiger partial charge in [-0.05, 0) is 50.2 Å². The summed E-state index contributed by atoms with van der Waals surface area (Å²) >= 11 is 0. The van der Waals surface area contributed by atoms with Crippen LogP contribution >= 0.6 is 0 Å². The minimum absolute atomic E-state index is 0.179. The molecule has 1 N–H and O–H groups in total. The Morgan fingerprint density at radius 2 is 1.79 bits per heavy atom. The molecule has 0 amide bonds. The van der Waals surface area contributed by atoms with Gasteiger partial charge in [0.25, 0.3) is 0 Å². The first-order chi connectivity index (χ1) is 11.3. The first kappa shape index (κ1) is 17.8. The van der Waals surface area contributed by atoms with E-state index in [1.165, 1.54) is 12.1 Å². The molecule has 1 unspecified atom stereocenters. The van der Waals surface area contributed by atoms with Crippen LogP contribution in [0.5, 0.6) is 0 Å². The van der Waals surface area contributed by atoms with Gasteiger partial charge in [0.15, 0.2) is 0 Å². The van der Waals surface area contributed by atoms with Crippen molar-refractivity contribution in [3.63, 3.8) is 0 Å². The van der Waals surface area contributed by atoms with Crippen LogP contribution in [-0.4, -0.2) is 47.5 Å². The highest BCUT2D eigenvalue weighted by Gasteiger charge is 2.41. The molecular weight excluding hydrogens is 316 g/mol. The number of nitrogens with zero attached hydrogens (tertiary/aromatic N) is 2. The molecule has 1 aromatic carbocycles. The molecule has 132 valence electrons. The SMILES string of the molecule is CB(O)N1CCN(C(c2ccc(C(F)(F)F)cc2)C2CC2)[C@@H](C)C1. The van der Waals surface area contributed by atoms with Gasteiger partial charge >= 0.3 is 13.2 Å². The van der Waals surface area contributed by atoms with E-state index in [1.807, 2.05) is 4.81 Å². The van der Waals surface area contributed by atoms with E-state index in [0.29, 0.717) is 5.92 Å². The summed E-state index contributed by atoms with van der Waals surface area (Å²) in [6.07, 6.45) is -2.02. The topological polar surface area (TPSA) is 26.7 Å². The van der Waals surface area contributed by atoms with Crippen LogP contribution < -0.4 is 0 Å². The van der Waals surface area contributed by atoms with Crippen molar-refractivity contribution in [3.05, 3.63) is 35.4 Å². The van der Waals surface area contributed by atoms with Crippen molar-refractivity contribution in [2.75, 3.05) is 19.6 Å². The Kier molecular flexibility index (Phi) is 4.95. The molecule has 1 heterocycles. The van der Waals surface area contributed by atoms with Gasteiger partial charge in [0.05, 0.1) is 5.56 Å². The van der Waals surface area contributed by atoms with Crippen LogP contribution in [0.1, 0.15) is 36.9 Å². The van der Waals surface area contributed by atoms with Gasteiger partial charge < -0.3 is 9.83 Å². The van der Waals surface area contributed by atoms with E-state index in [9.17, 15) is 18.2 Å². The van der Waals surface area contributed by atoms with Crippen molar-refractivity contribution in [1.29, 1.82) is 0 Å². The first-order valence-corrected chi connectivity index (χ1v) is 8.62. The Labute approximate surface area is 141 Å². The molecular formula is C17H24BF3N2O. The molecule has 2 atom stereocenters. The highest BCUT2D eigenvalue weighted by atomic mass is 19.4. The molecule has 7 heteroatoms. The van der Waals surface area contributed by atoms with Gasteiger partial charge in [-0.15, -0.1) is 0 Å². The number of hydrogen-bond acceptors (Lipinski definition) is 3. The molecule has 0 spiro atoms. The Balaban J connectivity index is 1.78. The van der Waals surface area contributed by atoms with Crippen LogP contribution in [0.4, 0.5) is 13.2 Å². The van der Waals surface area contributed by atoms with Gasteiger partial charge in [-0.1, -0.05) is 12.1 Å². The van der Waals surface area contributed by atoms with Gasteiger partial charge in [0.2, 0.25) is 0 Å². The quantitative estimate of drug-likeness (QED) is 0.853. The second-order valence-electron chi connectivity index (χ2n) is 7.12. The normalized spacial score (nSPS) is 24.8. The van der Waals surface area contributed by atoms with Crippen molar-refractivity contribution in [2.45, 2.75) is 44.8 Å². The van der Waals surface area contributed by atoms with E-state index < -0.39 is 18.8 Å². The van der Waals surface area contributed by atoms with Gasteiger partial charge in [-0.25, -0.2) is 0 Å². The fourth-order valence-electron chi connectivity index (χ4n) is 3.77. The van der Waals surface area contributed by atoms with E-state index in [1.54, 1.807) is 19.0 Å². The lowest BCUT2D eigenvalue weighted by Gasteiger charge is -2.45.